The third-order valence-electron chi connectivity index (χ3n) is 2.89. The lowest BCUT2D eigenvalue weighted by Gasteiger charge is -2.28. The van der Waals surface area contributed by atoms with Crippen LogP contribution in [0.4, 0.5) is 0 Å². The Bertz CT molecular complexity index is 329. The van der Waals surface area contributed by atoms with Crippen molar-refractivity contribution in [3.05, 3.63) is 34.3 Å². The Labute approximate surface area is 90.5 Å². The summed E-state index contributed by atoms with van der Waals surface area (Å²) in [5.74, 6) is 1.21. The van der Waals surface area contributed by atoms with E-state index in [4.69, 9.17) is 11.6 Å². The standard InChI is InChI=1S/C12H16ClN/c1-8(2)11-5-9(3-4-12(11)13)10-6-14-7-10/h3-5,8,10,14H,6-7H2,1-2H3. The van der Waals surface area contributed by atoms with Gasteiger partial charge in [-0.2, -0.15) is 0 Å². The number of nitrogens with one attached hydrogen (secondary N) is 1. The smallest absolute Gasteiger partial charge is 0.0440 e. The van der Waals surface area contributed by atoms with Crippen LogP contribution in [-0.2, 0) is 0 Å². The van der Waals surface area contributed by atoms with Crippen LogP contribution in [0.15, 0.2) is 18.2 Å². The van der Waals surface area contributed by atoms with Gasteiger partial charge < -0.3 is 5.32 Å². The Hall–Kier alpha value is -0.530. The molecule has 1 saturated heterocycles. The lowest BCUT2D eigenvalue weighted by atomic mass is 9.90. The van der Waals surface area contributed by atoms with Crippen molar-refractivity contribution >= 4 is 11.6 Å². The van der Waals surface area contributed by atoms with Gasteiger partial charge in [0.15, 0.2) is 0 Å². The van der Waals surface area contributed by atoms with Gasteiger partial charge in [0, 0.05) is 24.0 Å². The first-order chi connectivity index (χ1) is 6.68. The Morgan fingerprint density at radius 3 is 2.57 bits per heavy atom. The van der Waals surface area contributed by atoms with Gasteiger partial charge in [-0.1, -0.05) is 37.6 Å². The third kappa shape index (κ3) is 1.79. The number of hydrogen-bond donors (Lipinski definition) is 1. The molecule has 1 aliphatic heterocycles. The summed E-state index contributed by atoms with van der Waals surface area (Å²) in [7, 11) is 0. The highest BCUT2D eigenvalue weighted by molar-refractivity contribution is 6.31. The summed E-state index contributed by atoms with van der Waals surface area (Å²) in [5.41, 5.74) is 2.70. The summed E-state index contributed by atoms with van der Waals surface area (Å²) < 4.78 is 0. The van der Waals surface area contributed by atoms with Crippen molar-refractivity contribution in [3.63, 3.8) is 0 Å². The minimum atomic E-state index is 0.510. The molecule has 0 aromatic heterocycles. The molecule has 0 amide bonds. The van der Waals surface area contributed by atoms with E-state index in [0.717, 1.165) is 18.1 Å². The van der Waals surface area contributed by atoms with Crippen molar-refractivity contribution in [3.8, 4) is 0 Å². The van der Waals surface area contributed by atoms with Crippen LogP contribution in [0.5, 0.6) is 0 Å². The van der Waals surface area contributed by atoms with E-state index < -0.39 is 0 Å². The normalized spacial score (nSPS) is 17.1. The van der Waals surface area contributed by atoms with Crippen molar-refractivity contribution in [1.82, 2.24) is 5.32 Å². The van der Waals surface area contributed by atoms with Gasteiger partial charge in [-0.3, -0.25) is 0 Å². The molecule has 76 valence electrons. The molecule has 2 rings (SSSR count). The van der Waals surface area contributed by atoms with Crippen molar-refractivity contribution in [2.24, 2.45) is 0 Å². The molecule has 0 aliphatic carbocycles. The molecule has 0 unspecified atom stereocenters. The van der Waals surface area contributed by atoms with Crippen molar-refractivity contribution in [1.29, 1.82) is 0 Å². The number of halogens is 1. The highest BCUT2D eigenvalue weighted by Gasteiger charge is 2.19. The van der Waals surface area contributed by atoms with Crippen LogP contribution in [-0.4, -0.2) is 13.1 Å². The third-order valence-corrected chi connectivity index (χ3v) is 3.24. The number of hydrogen-bond acceptors (Lipinski definition) is 1. The average molecular weight is 210 g/mol. The largest absolute Gasteiger partial charge is 0.315 e. The molecule has 0 spiro atoms. The molecule has 1 nitrogen and oxygen atoms in total. The van der Waals surface area contributed by atoms with Crippen LogP contribution in [0, 0.1) is 0 Å². The van der Waals surface area contributed by atoms with Crippen LogP contribution in [0.3, 0.4) is 0 Å². The highest BCUT2D eigenvalue weighted by Crippen LogP contribution is 2.29. The summed E-state index contributed by atoms with van der Waals surface area (Å²) in [4.78, 5) is 0. The molecule has 1 aromatic rings. The van der Waals surface area contributed by atoms with Gasteiger partial charge in [-0.05, 0) is 23.1 Å². The molecule has 14 heavy (non-hydrogen) atoms. The van der Waals surface area contributed by atoms with Crippen LogP contribution in [0.25, 0.3) is 0 Å². The predicted octanol–water partition coefficient (Wildman–Crippen LogP) is 3.15. The van der Waals surface area contributed by atoms with Crippen molar-refractivity contribution in [2.45, 2.75) is 25.7 Å². The summed E-state index contributed by atoms with van der Waals surface area (Å²) in [6.45, 7) is 6.59. The Morgan fingerprint density at radius 2 is 2.07 bits per heavy atom. The second-order valence-electron chi connectivity index (χ2n) is 4.29. The molecule has 0 bridgehead atoms. The number of rotatable bonds is 2. The Kier molecular flexibility index (Phi) is 2.80. The zero-order chi connectivity index (χ0) is 10.1. The first-order valence-electron chi connectivity index (χ1n) is 5.18. The molecule has 0 atom stereocenters. The second-order valence-corrected chi connectivity index (χ2v) is 4.70. The molecule has 2 heteroatoms. The fourth-order valence-electron chi connectivity index (χ4n) is 1.78. The van der Waals surface area contributed by atoms with Gasteiger partial charge >= 0.3 is 0 Å². The quantitative estimate of drug-likeness (QED) is 0.789. The zero-order valence-electron chi connectivity index (χ0n) is 8.68. The SMILES string of the molecule is CC(C)c1cc(C2CNC2)ccc1Cl. The van der Waals surface area contributed by atoms with Gasteiger partial charge in [-0.25, -0.2) is 0 Å². The molecule has 1 N–H and O–H groups in total. The number of benzene rings is 1. The van der Waals surface area contributed by atoms with E-state index in [1.807, 2.05) is 6.07 Å². The van der Waals surface area contributed by atoms with Gasteiger partial charge in [0.1, 0.15) is 0 Å². The van der Waals surface area contributed by atoms with Gasteiger partial charge in [0.2, 0.25) is 0 Å². The lowest BCUT2D eigenvalue weighted by molar-refractivity contribution is 0.448. The van der Waals surface area contributed by atoms with Crippen LogP contribution in [0.1, 0.15) is 36.8 Å². The predicted molar refractivity (Wildman–Crippen MR) is 61.2 cm³/mol. The molecule has 1 aliphatic rings. The van der Waals surface area contributed by atoms with Crippen LogP contribution in [0.2, 0.25) is 5.02 Å². The van der Waals surface area contributed by atoms with Gasteiger partial charge in [-0.15, -0.1) is 0 Å². The van der Waals surface area contributed by atoms with E-state index in [1.54, 1.807) is 0 Å². The minimum Gasteiger partial charge on any atom is -0.315 e. The fraction of sp³-hybridized carbons (Fsp3) is 0.500. The monoisotopic (exact) mass is 209 g/mol. The maximum absolute atomic E-state index is 6.14. The molecular weight excluding hydrogens is 194 g/mol. The topological polar surface area (TPSA) is 12.0 Å². The Balaban J connectivity index is 2.30. The summed E-state index contributed by atoms with van der Waals surface area (Å²) in [5, 5.41) is 4.19. The summed E-state index contributed by atoms with van der Waals surface area (Å²) in [6, 6.07) is 6.45. The molecule has 1 fully saturated rings. The highest BCUT2D eigenvalue weighted by atomic mass is 35.5. The summed E-state index contributed by atoms with van der Waals surface area (Å²) in [6.07, 6.45) is 0. The lowest BCUT2D eigenvalue weighted by Crippen LogP contribution is -2.39. The van der Waals surface area contributed by atoms with Crippen molar-refractivity contribution in [2.75, 3.05) is 13.1 Å². The minimum absolute atomic E-state index is 0.510. The van der Waals surface area contributed by atoms with E-state index in [9.17, 15) is 0 Å². The fourth-order valence-corrected chi connectivity index (χ4v) is 2.12. The van der Waals surface area contributed by atoms with Crippen molar-refractivity contribution < 1.29 is 0 Å². The first kappa shape index (κ1) is 10.0. The van der Waals surface area contributed by atoms with E-state index >= 15 is 0 Å². The van der Waals surface area contributed by atoms with E-state index in [1.165, 1.54) is 11.1 Å². The van der Waals surface area contributed by atoms with E-state index in [-0.39, 0.29) is 0 Å². The maximum Gasteiger partial charge on any atom is 0.0440 e. The first-order valence-corrected chi connectivity index (χ1v) is 5.56. The van der Waals surface area contributed by atoms with Crippen LogP contribution >= 0.6 is 11.6 Å². The molecule has 0 saturated carbocycles. The second kappa shape index (κ2) is 3.92. The van der Waals surface area contributed by atoms with E-state index in [2.05, 4.69) is 31.3 Å². The molecule has 0 radical (unpaired) electrons. The van der Waals surface area contributed by atoms with Gasteiger partial charge in [0.05, 0.1) is 0 Å². The summed E-state index contributed by atoms with van der Waals surface area (Å²) >= 11 is 6.14. The molecule has 1 aromatic carbocycles. The maximum atomic E-state index is 6.14. The Morgan fingerprint density at radius 1 is 1.36 bits per heavy atom. The van der Waals surface area contributed by atoms with Gasteiger partial charge in [0.25, 0.3) is 0 Å². The zero-order valence-corrected chi connectivity index (χ0v) is 9.43. The van der Waals surface area contributed by atoms with Crippen LogP contribution < -0.4 is 5.32 Å². The molecule has 1 heterocycles. The average Bonchev–Trinajstić information content (AvgIpc) is 2.04. The van der Waals surface area contributed by atoms with E-state index in [0.29, 0.717) is 11.8 Å². The molecular formula is C12H16ClN.